The third kappa shape index (κ3) is 3.18. The number of hydrogen-bond donors (Lipinski definition) is 2. The molecule has 0 unspecified atom stereocenters. The van der Waals surface area contributed by atoms with E-state index in [1.54, 1.807) is 6.07 Å². The standard InChI is InChI=1S/C17H20N2O/c1-3-12-5-7-14(8-6-12)17(20)19-15-10-9-13(4-2)16(18)11-15/h5-11H,3-4,18H2,1-2H3,(H,19,20). The van der Waals surface area contributed by atoms with Gasteiger partial charge >= 0.3 is 0 Å². The van der Waals surface area contributed by atoms with Gasteiger partial charge in [-0.25, -0.2) is 0 Å². The van der Waals surface area contributed by atoms with Crippen molar-refractivity contribution < 1.29 is 4.79 Å². The molecule has 2 aromatic carbocycles. The summed E-state index contributed by atoms with van der Waals surface area (Å²) < 4.78 is 0. The number of nitrogens with one attached hydrogen (secondary N) is 1. The maximum Gasteiger partial charge on any atom is 0.255 e. The second kappa shape index (κ2) is 6.24. The lowest BCUT2D eigenvalue weighted by molar-refractivity contribution is 0.102. The molecule has 3 heteroatoms. The number of nitrogen functional groups attached to an aromatic ring is 1. The molecule has 0 spiro atoms. The molecule has 2 rings (SSSR count). The van der Waals surface area contributed by atoms with Gasteiger partial charge in [0.25, 0.3) is 5.91 Å². The van der Waals surface area contributed by atoms with E-state index in [0.29, 0.717) is 11.3 Å². The predicted molar refractivity (Wildman–Crippen MR) is 84.0 cm³/mol. The average molecular weight is 268 g/mol. The minimum atomic E-state index is -0.115. The van der Waals surface area contributed by atoms with Crippen LogP contribution in [-0.4, -0.2) is 5.91 Å². The molecule has 3 N–H and O–H groups in total. The van der Waals surface area contributed by atoms with Gasteiger partial charge < -0.3 is 11.1 Å². The molecule has 0 saturated heterocycles. The number of aryl methyl sites for hydroxylation is 2. The summed E-state index contributed by atoms with van der Waals surface area (Å²) in [4.78, 5) is 12.1. The first kappa shape index (κ1) is 14.1. The summed E-state index contributed by atoms with van der Waals surface area (Å²) in [6.45, 7) is 4.15. The van der Waals surface area contributed by atoms with Gasteiger partial charge in [0.15, 0.2) is 0 Å². The lowest BCUT2D eigenvalue weighted by Gasteiger charge is -2.09. The highest BCUT2D eigenvalue weighted by Crippen LogP contribution is 2.19. The first-order chi connectivity index (χ1) is 9.63. The van der Waals surface area contributed by atoms with E-state index >= 15 is 0 Å². The van der Waals surface area contributed by atoms with Gasteiger partial charge in [0.2, 0.25) is 0 Å². The van der Waals surface area contributed by atoms with Crippen LogP contribution in [0.25, 0.3) is 0 Å². The van der Waals surface area contributed by atoms with Crippen molar-refractivity contribution in [2.75, 3.05) is 11.1 Å². The van der Waals surface area contributed by atoms with Crippen molar-refractivity contribution in [3.63, 3.8) is 0 Å². The molecule has 2 aromatic rings. The first-order valence-corrected chi connectivity index (χ1v) is 6.92. The second-order valence-corrected chi connectivity index (χ2v) is 4.77. The van der Waals surface area contributed by atoms with Crippen molar-refractivity contribution >= 4 is 17.3 Å². The van der Waals surface area contributed by atoms with Crippen molar-refractivity contribution in [1.82, 2.24) is 0 Å². The van der Waals surface area contributed by atoms with Crippen LogP contribution < -0.4 is 11.1 Å². The topological polar surface area (TPSA) is 55.1 Å². The van der Waals surface area contributed by atoms with Gasteiger partial charge in [-0.2, -0.15) is 0 Å². The fourth-order valence-corrected chi connectivity index (χ4v) is 2.09. The Morgan fingerprint density at radius 1 is 1.05 bits per heavy atom. The van der Waals surface area contributed by atoms with E-state index < -0.39 is 0 Å². The number of carbonyl (C=O) groups is 1. The van der Waals surface area contributed by atoms with E-state index in [9.17, 15) is 4.79 Å². The van der Waals surface area contributed by atoms with Crippen LogP contribution in [0, 0.1) is 0 Å². The maximum absolute atomic E-state index is 12.1. The molecule has 0 atom stereocenters. The van der Waals surface area contributed by atoms with E-state index in [1.165, 1.54) is 5.56 Å². The monoisotopic (exact) mass is 268 g/mol. The fraction of sp³-hybridized carbons (Fsp3) is 0.235. The molecule has 0 heterocycles. The van der Waals surface area contributed by atoms with Gasteiger partial charge in [0, 0.05) is 16.9 Å². The van der Waals surface area contributed by atoms with Crippen molar-refractivity contribution in [3.8, 4) is 0 Å². The maximum atomic E-state index is 12.1. The Balaban J connectivity index is 2.12. The van der Waals surface area contributed by atoms with Crippen molar-refractivity contribution in [2.24, 2.45) is 0 Å². The van der Waals surface area contributed by atoms with Crippen LogP contribution >= 0.6 is 0 Å². The lowest BCUT2D eigenvalue weighted by Crippen LogP contribution is -2.12. The third-order valence-corrected chi connectivity index (χ3v) is 3.41. The Kier molecular flexibility index (Phi) is 4.41. The summed E-state index contributed by atoms with van der Waals surface area (Å²) in [6.07, 6.45) is 1.86. The molecule has 20 heavy (non-hydrogen) atoms. The van der Waals surface area contributed by atoms with E-state index in [2.05, 4.69) is 19.2 Å². The lowest BCUT2D eigenvalue weighted by atomic mass is 10.1. The zero-order valence-electron chi connectivity index (χ0n) is 11.9. The van der Waals surface area contributed by atoms with Crippen LogP contribution in [0.15, 0.2) is 42.5 Å². The zero-order chi connectivity index (χ0) is 14.5. The molecule has 0 radical (unpaired) electrons. The van der Waals surface area contributed by atoms with E-state index in [0.717, 1.165) is 24.1 Å². The molecule has 0 aliphatic rings. The Morgan fingerprint density at radius 3 is 2.30 bits per heavy atom. The average Bonchev–Trinajstić information content (AvgIpc) is 2.47. The van der Waals surface area contributed by atoms with E-state index in [1.807, 2.05) is 36.4 Å². The molecule has 0 bridgehead atoms. The van der Waals surface area contributed by atoms with Gasteiger partial charge in [-0.3, -0.25) is 4.79 Å². The van der Waals surface area contributed by atoms with Gasteiger partial charge in [-0.1, -0.05) is 32.0 Å². The Labute approximate surface area is 119 Å². The molecular formula is C17H20N2O. The zero-order valence-corrected chi connectivity index (χ0v) is 11.9. The summed E-state index contributed by atoms with van der Waals surface area (Å²) in [7, 11) is 0. The number of rotatable bonds is 4. The quantitative estimate of drug-likeness (QED) is 0.832. The molecule has 0 saturated carbocycles. The molecule has 0 aromatic heterocycles. The summed E-state index contributed by atoms with van der Waals surface area (Å²) in [6, 6.07) is 13.3. The van der Waals surface area contributed by atoms with Crippen LogP contribution in [0.3, 0.4) is 0 Å². The largest absolute Gasteiger partial charge is 0.398 e. The number of carbonyl (C=O) groups excluding carboxylic acids is 1. The molecule has 0 aliphatic heterocycles. The molecular weight excluding hydrogens is 248 g/mol. The van der Waals surface area contributed by atoms with Crippen LogP contribution in [0.1, 0.15) is 35.3 Å². The van der Waals surface area contributed by atoms with Crippen LogP contribution in [0.2, 0.25) is 0 Å². The SMILES string of the molecule is CCc1ccc(C(=O)Nc2ccc(CC)c(N)c2)cc1. The normalized spacial score (nSPS) is 10.3. The highest BCUT2D eigenvalue weighted by atomic mass is 16.1. The Hall–Kier alpha value is -2.29. The smallest absolute Gasteiger partial charge is 0.255 e. The summed E-state index contributed by atoms with van der Waals surface area (Å²) in [5.41, 5.74) is 10.3. The highest BCUT2D eigenvalue weighted by Gasteiger charge is 2.07. The summed E-state index contributed by atoms with van der Waals surface area (Å²) >= 11 is 0. The van der Waals surface area contributed by atoms with Gasteiger partial charge in [0.05, 0.1) is 0 Å². The minimum Gasteiger partial charge on any atom is -0.398 e. The van der Waals surface area contributed by atoms with Crippen molar-refractivity contribution in [1.29, 1.82) is 0 Å². The van der Waals surface area contributed by atoms with Crippen LogP contribution in [0.4, 0.5) is 11.4 Å². The molecule has 1 amide bonds. The fourth-order valence-electron chi connectivity index (χ4n) is 2.09. The van der Waals surface area contributed by atoms with Crippen LogP contribution in [0.5, 0.6) is 0 Å². The van der Waals surface area contributed by atoms with Gasteiger partial charge in [0.1, 0.15) is 0 Å². The molecule has 0 fully saturated rings. The second-order valence-electron chi connectivity index (χ2n) is 4.77. The Bertz CT molecular complexity index is 603. The van der Waals surface area contributed by atoms with Crippen molar-refractivity contribution in [2.45, 2.75) is 26.7 Å². The highest BCUT2D eigenvalue weighted by molar-refractivity contribution is 6.04. The summed E-state index contributed by atoms with van der Waals surface area (Å²) in [5, 5.41) is 2.87. The van der Waals surface area contributed by atoms with Crippen molar-refractivity contribution in [3.05, 3.63) is 59.2 Å². The van der Waals surface area contributed by atoms with E-state index in [4.69, 9.17) is 5.73 Å². The van der Waals surface area contributed by atoms with Crippen LogP contribution in [-0.2, 0) is 12.8 Å². The number of amides is 1. The minimum absolute atomic E-state index is 0.115. The number of nitrogens with two attached hydrogens (primary N) is 1. The van der Waals surface area contributed by atoms with E-state index in [-0.39, 0.29) is 5.91 Å². The Morgan fingerprint density at radius 2 is 1.75 bits per heavy atom. The number of anilines is 2. The third-order valence-electron chi connectivity index (χ3n) is 3.41. The number of hydrogen-bond acceptors (Lipinski definition) is 2. The summed E-state index contributed by atoms with van der Waals surface area (Å²) in [5.74, 6) is -0.115. The number of benzene rings is 2. The van der Waals surface area contributed by atoms with Gasteiger partial charge in [-0.05, 0) is 48.2 Å². The molecule has 104 valence electrons. The molecule has 0 aliphatic carbocycles. The van der Waals surface area contributed by atoms with Gasteiger partial charge in [-0.15, -0.1) is 0 Å². The predicted octanol–water partition coefficient (Wildman–Crippen LogP) is 3.65. The molecule has 3 nitrogen and oxygen atoms in total. The first-order valence-electron chi connectivity index (χ1n) is 6.92.